The summed E-state index contributed by atoms with van der Waals surface area (Å²) in [6, 6.07) is 5.57. The third-order valence-electron chi connectivity index (χ3n) is 4.36. The lowest BCUT2D eigenvalue weighted by molar-refractivity contribution is -0.123. The monoisotopic (exact) mass is 339 g/mol. The minimum atomic E-state index is -3.16. The number of aromatic nitrogens is 1. The fraction of sp³-hybridized carbons (Fsp3) is 0.600. The van der Waals surface area contributed by atoms with E-state index in [9.17, 15) is 13.2 Å². The lowest BCUT2D eigenvalue weighted by atomic mass is 10.0. The van der Waals surface area contributed by atoms with Crippen molar-refractivity contribution >= 4 is 15.9 Å². The van der Waals surface area contributed by atoms with E-state index in [1.54, 1.807) is 6.20 Å². The fourth-order valence-electron chi connectivity index (χ4n) is 3.20. The van der Waals surface area contributed by atoms with Crippen molar-refractivity contribution in [1.82, 2.24) is 14.6 Å². The highest BCUT2D eigenvalue weighted by Gasteiger charge is 2.44. The van der Waals surface area contributed by atoms with Crippen LogP contribution in [0.1, 0.15) is 18.5 Å². The number of hydrogen-bond donors (Lipinski definition) is 1. The number of rotatable bonds is 5. The van der Waals surface area contributed by atoms with Gasteiger partial charge in [0.25, 0.3) is 0 Å². The minimum absolute atomic E-state index is 0.0689. The number of pyridine rings is 1. The van der Waals surface area contributed by atoms with E-state index in [0.717, 1.165) is 12.1 Å². The first-order valence-corrected chi connectivity index (χ1v) is 9.54. The minimum Gasteiger partial charge on any atom is -0.373 e. The van der Waals surface area contributed by atoms with E-state index in [1.165, 1.54) is 10.6 Å². The van der Waals surface area contributed by atoms with Crippen molar-refractivity contribution < 1.29 is 17.9 Å². The van der Waals surface area contributed by atoms with Crippen LogP contribution in [0.2, 0.25) is 0 Å². The van der Waals surface area contributed by atoms with E-state index in [-0.39, 0.29) is 24.0 Å². The SMILES string of the molecule is CS(=O)(=O)N1C[C@@H]2C[C@@H](CC(=O)NCc3ccccn3)O[C@@H]2C1. The normalized spacial score (nSPS) is 27.8. The lowest BCUT2D eigenvalue weighted by Gasteiger charge is -2.17. The van der Waals surface area contributed by atoms with Crippen molar-refractivity contribution in [2.75, 3.05) is 19.3 Å². The van der Waals surface area contributed by atoms with Gasteiger partial charge in [-0.1, -0.05) is 6.07 Å². The molecule has 2 fully saturated rings. The second kappa shape index (κ2) is 6.54. The molecular weight excluding hydrogens is 318 g/mol. The van der Waals surface area contributed by atoms with Gasteiger partial charge < -0.3 is 10.1 Å². The van der Waals surface area contributed by atoms with E-state index >= 15 is 0 Å². The summed E-state index contributed by atoms with van der Waals surface area (Å²) in [5.74, 6) is 0.124. The van der Waals surface area contributed by atoms with Gasteiger partial charge in [0.1, 0.15) is 0 Å². The number of hydrogen-bond acceptors (Lipinski definition) is 5. The molecule has 1 N–H and O–H groups in total. The molecule has 0 saturated carbocycles. The molecule has 2 aliphatic heterocycles. The molecule has 0 aliphatic carbocycles. The fourth-order valence-corrected chi connectivity index (χ4v) is 4.08. The smallest absolute Gasteiger partial charge is 0.222 e. The highest BCUT2D eigenvalue weighted by Crippen LogP contribution is 2.35. The van der Waals surface area contributed by atoms with Crippen LogP contribution in [-0.2, 0) is 26.1 Å². The Kier molecular flexibility index (Phi) is 4.65. The topological polar surface area (TPSA) is 88.6 Å². The average Bonchev–Trinajstić information content (AvgIpc) is 3.04. The van der Waals surface area contributed by atoms with Gasteiger partial charge >= 0.3 is 0 Å². The van der Waals surface area contributed by atoms with E-state index in [4.69, 9.17) is 4.74 Å². The van der Waals surface area contributed by atoms with Crippen LogP contribution in [0.3, 0.4) is 0 Å². The molecule has 1 amide bonds. The molecule has 3 rings (SSSR count). The van der Waals surface area contributed by atoms with Crippen LogP contribution in [0.4, 0.5) is 0 Å². The van der Waals surface area contributed by atoms with Gasteiger partial charge in [0.2, 0.25) is 15.9 Å². The molecule has 1 aromatic heterocycles. The molecule has 7 nitrogen and oxygen atoms in total. The summed E-state index contributed by atoms with van der Waals surface area (Å²) in [4.78, 5) is 16.1. The van der Waals surface area contributed by atoms with Crippen LogP contribution < -0.4 is 5.32 Å². The molecule has 0 aromatic carbocycles. The Bertz CT molecular complexity index is 651. The zero-order valence-electron chi connectivity index (χ0n) is 13.0. The second-order valence-corrected chi connectivity index (χ2v) is 8.16. The van der Waals surface area contributed by atoms with Gasteiger partial charge in [0, 0.05) is 25.2 Å². The van der Waals surface area contributed by atoms with E-state index < -0.39 is 10.0 Å². The summed E-state index contributed by atoms with van der Waals surface area (Å²) in [6.07, 6.45) is 3.73. The van der Waals surface area contributed by atoms with Crippen molar-refractivity contribution in [3.05, 3.63) is 30.1 Å². The Morgan fingerprint density at radius 2 is 2.26 bits per heavy atom. The van der Waals surface area contributed by atoms with E-state index in [1.807, 2.05) is 18.2 Å². The Labute approximate surface area is 136 Å². The largest absolute Gasteiger partial charge is 0.373 e. The molecule has 2 aliphatic rings. The standard InChI is InChI=1S/C15H21N3O4S/c1-23(20,21)18-9-11-6-13(22-14(11)10-18)7-15(19)17-8-12-4-2-3-5-16-12/h2-5,11,13-14H,6-10H2,1H3,(H,17,19)/t11-,13-,14+/m0/s1. The summed E-state index contributed by atoms with van der Waals surface area (Å²) in [7, 11) is -3.16. The Balaban J connectivity index is 1.44. The number of carbonyl (C=O) groups is 1. The zero-order valence-corrected chi connectivity index (χ0v) is 13.8. The Morgan fingerprint density at radius 1 is 1.43 bits per heavy atom. The van der Waals surface area contributed by atoms with Crippen molar-refractivity contribution in [3.8, 4) is 0 Å². The van der Waals surface area contributed by atoms with Crippen molar-refractivity contribution in [1.29, 1.82) is 0 Å². The molecule has 23 heavy (non-hydrogen) atoms. The van der Waals surface area contributed by atoms with Crippen molar-refractivity contribution in [2.24, 2.45) is 5.92 Å². The van der Waals surface area contributed by atoms with Crippen molar-refractivity contribution in [2.45, 2.75) is 31.6 Å². The predicted molar refractivity (Wildman–Crippen MR) is 83.9 cm³/mol. The molecule has 1 aromatic rings. The van der Waals surface area contributed by atoms with Crippen LogP contribution >= 0.6 is 0 Å². The average molecular weight is 339 g/mol. The maximum Gasteiger partial charge on any atom is 0.222 e. The number of nitrogens with one attached hydrogen (secondary N) is 1. The number of amides is 1. The van der Waals surface area contributed by atoms with Gasteiger partial charge in [-0.15, -0.1) is 0 Å². The molecule has 0 bridgehead atoms. The van der Waals surface area contributed by atoms with E-state index in [0.29, 0.717) is 26.1 Å². The summed E-state index contributed by atoms with van der Waals surface area (Å²) >= 11 is 0. The summed E-state index contributed by atoms with van der Waals surface area (Å²) < 4.78 is 30.4. The van der Waals surface area contributed by atoms with Crippen LogP contribution in [0.15, 0.2) is 24.4 Å². The number of nitrogens with zero attached hydrogens (tertiary/aromatic N) is 2. The van der Waals surface area contributed by atoms with E-state index in [2.05, 4.69) is 10.3 Å². The first kappa shape index (κ1) is 16.4. The third kappa shape index (κ3) is 4.07. The first-order valence-electron chi connectivity index (χ1n) is 7.69. The van der Waals surface area contributed by atoms with Crippen LogP contribution in [0, 0.1) is 5.92 Å². The van der Waals surface area contributed by atoms with Crippen LogP contribution in [-0.4, -0.2) is 55.2 Å². The molecule has 2 saturated heterocycles. The van der Waals surface area contributed by atoms with Crippen LogP contribution in [0.5, 0.6) is 0 Å². The molecule has 3 heterocycles. The maximum absolute atomic E-state index is 12.0. The predicted octanol–water partition coefficient (Wildman–Crippen LogP) is 0.137. The van der Waals surface area contributed by atoms with Gasteiger partial charge in [0.15, 0.2) is 0 Å². The Morgan fingerprint density at radius 3 is 2.91 bits per heavy atom. The molecule has 126 valence electrons. The third-order valence-corrected chi connectivity index (χ3v) is 5.59. The first-order chi connectivity index (χ1) is 10.9. The highest BCUT2D eigenvalue weighted by atomic mass is 32.2. The van der Waals surface area contributed by atoms with Gasteiger partial charge in [-0.25, -0.2) is 8.42 Å². The molecule has 0 unspecified atom stereocenters. The van der Waals surface area contributed by atoms with Crippen molar-refractivity contribution in [3.63, 3.8) is 0 Å². The van der Waals surface area contributed by atoms with Gasteiger partial charge in [-0.3, -0.25) is 9.78 Å². The zero-order chi connectivity index (χ0) is 16.4. The lowest BCUT2D eigenvalue weighted by Crippen LogP contribution is -2.32. The quantitative estimate of drug-likeness (QED) is 0.824. The summed E-state index contributed by atoms with van der Waals surface area (Å²) in [6.45, 7) is 1.30. The molecule has 8 heteroatoms. The van der Waals surface area contributed by atoms with Gasteiger partial charge in [-0.05, 0) is 18.6 Å². The molecular formula is C15H21N3O4S. The van der Waals surface area contributed by atoms with Gasteiger partial charge in [0.05, 0.1) is 37.1 Å². The Hall–Kier alpha value is -1.51. The summed E-state index contributed by atoms with van der Waals surface area (Å²) in [5.41, 5.74) is 0.814. The van der Waals surface area contributed by atoms with Crippen LogP contribution in [0.25, 0.3) is 0 Å². The molecule has 3 atom stereocenters. The number of fused-ring (bicyclic) bond motifs is 1. The summed E-state index contributed by atoms with van der Waals surface area (Å²) in [5, 5.41) is 2.84. The molecule has 0 spiro atoms. The molecule has 0 radical (unpaired) electrons. The highest BCUT2D eigenvalue weighted by molar-refractivity contribution is 7.88. The second-order valence-electron chi connectivity index (χ2n) is 6.17. The maximum atomic E-state index is 12.0. The number of sulfonamides is 1. The number of carbonyl (C=O) groups excluding carboxylic acids is 1. The number of ether oxygens (including phenoxy) is 1. The van der Waals surface area contributed by atoms with Gasteiger partial charge in [-0.2, -0.15) is 4.31 Å².